The van der Waals surface area contributed by atoms with E-state index in [-0.39, 0.29) is 0 Å². The monoisotopic (exact) mass is 866 g/mol. The SMILES string of the molecule is C1=CC2=C(C1)C1(c3cc(-c4ccccc4)ccc3N2c2ccc(-c3ccccc3)cc2)c2cc(-c3ccccc3)ccc2N(c2ccc(-c3ccccc3)cc2)c2ccc(-c3ccccc3)cc21. The van der Waals surface area contributed by atoms with Gasteiger partial charge in [0.2, 0.25) is 0 Å². The molecule has 0 saturated carbocycles. The molecule has 0 atom stereocenters. The number of hydrogen-bond donors (Lipinski definition) is 0. The third-order valence-corrected chi connectivity index (χ3v) is 14.3. The van der Waals surface area contributed by atoms with Crippen LogP contribution in [0.25, 0.3) is 55.6 Å². The lowest BCUT2D eigenvalue weighted by atomic mass is 9.59. The molecular formula is C66H46N2. The van der Waals surface area contributed by atoms with Crippen molar-refractivity contribution < 1.29 is 0 Å². The summed E-state index contributed by atoms with van der Waals surface area (Å²) < 4.78 is 0. The highest BCUT2D eigenvalue weighted by Gasteiger charge is 2.53. The molecule has 0 amide bonds. The van der Waals surface area contributed by atoms with E-state index in [9.17, 15) is 0 Å². The molecule has 0 fully saturated rings. The number of allylic oxidation sites excluding steroid dienone is 3. The molecule has 1 spiro atoms. The van der Waals surface area contributed by atoms with Crippen LogP contribution in [0.15, 0.2) is 278 Å². The second-order valence-corrected chi connectivity index (χ2v) is 18.0. The van der Waals surface area contributed by atoms with Crippen molar-refractivity contribution >= 4 is 28.4 Å². The smallest absolute Gasteiger partial charge is 0.0749 e. The Morgan fingerprint density at radius 2 is 0.574 bits per heavy atom. The van der Waals surface area contributed by atoms with Crippen LogP contribution < -0.4 is 9.80 Å². The summed E-state index contributed by atoms with van der Waals surface area (Å²) in [6.45, 7) is 0. The van der Waals surface area contributed by atoms with Crippen molar-refractivity contribution in [3.63, 3.8) is 0 Å². The minimum absolute atomic E-state index is 0.694. The van der Waals surface area contributed by atoms with Crippen molar-refractivity contribution in [2.45, 2.75) is 11.8 Å². The van der Waals surface area contributed by atoms with Crippen molar-refractivity contribution in [2.24, 2.45) is 0 Å². The maximum absolute atomic E-state index is 2.53. The molecule has 0 aromatic heterocycles. The Balaban J connectivity index is 1.13. The Hall–Kier alpha value is -8.72. The third-order valence-electron chi connectivity index (χ3n) is 14.3. The topological polar surface area (TPSA) is 6.48 Å². The van der Waals surface area contributed by atoms with Gasteiger partial charge in [0.15, 0.2) is 0 Å². The standard InChI is InChI=1S/C66H46N2/c1-6-17-46(18-7-1)51-29-36-56(37-30-51)67-62-28-16-27-58(62)66(59-43-53(33-40-63(59)67)48-21-10-3-11-22-48)60-44-54(49-23-12-4-13-24-49)34-41-64(60)68(57-38-31-52(32-39-57)47-19-8-2-9-20-47)65-42-35-55(45-61(65)66)50-25-14-5-15-26-50/h1-26,28-45H,27H2. The molecule has 2 heteroatoms. The van der Waals surface area contributed by atoms with Gasteiger partial charge in [0.1, 0.15) is 0 Å². The molecule has 1 aliphatic carbocycles. The van der Waals surface area contributed by atoms with E-state index in [2.05, 4.69) is 277 Å². The van der Waals surface area contributed by atoms with Gasteiger partial charge in [-0.1, -0.05) is 200 Å². The maximum atomic E-state index is 2.53. The fourth-order valence-corrected chi connectivity index (χ4v) is 11.2. The van der Waals surface area contributed by atoms with Gasteiger partial charge in [-0.25, -0.2) is 0 Å². The fraction of sp³-hybridized carbons (Fsp3) is 0.0303. The first kappa shape index (κ1) is 39.6. The van der Waals surface area contributed by atoms with E-state index < -0.39 is 5.41 Å². The van der Waals surface area contributed by atoms with Crippen molar-refractivity contribution in [3.05, 3.63) is 295 Å². The Kier molecular flexibility index (Phi) is 9.50. The predicted octanol–water partition coefficient (Wildman–Crippen LogP) is 17.5. The molecular weight excluding hydrogens is 821 g/mol. The molecule has 0 N–H and O–H groups in total. The largest absolute Gasteiger partial charge is 0.310 e. The Morgan fingerprint density at radius 3 is 0.941 bits per heavy atom. The van der Waals surface area contributed by atoms with Crippen LogP contribution in [0.3, 0.4) is 0 Å². The summed E-state index contributed by atoms with van der Waals surface area (Å²) in [4.78, 5) is 5.05. The minimum Gasteiger partial charge on any atom is -0.310 e. The van der Waals surface area contributed by atoms with E-state index in [0.29, 0.717) is 0 Å². The third kappa shape index (κ3) is 6.41. The fourth-order valence-electron chi connectivity index (χ4n) is 11.2. The molecule has 10 aromatic rings. The highest BCUT2D eigenvalue weighted by Crippen LogP contribution is 2.65. The minimum atomic E-state index is -0.694. The van der Waals surface area contributed by atoms with E-state index in [1.54, 1.807) is 0 Å². The van der Waals surface area contributed by atoms with Crippen LogP contribution in [0.4, 0.5) is 28.4 Å². The Morgan fingerprint density at radius 1 is 0.279 bits per heavy atom. The van der Waals surface area contributed by atoms with Gasteiger partial charge in [0, 0.05) is 17.1 Å². The summed E-state index contributed by atoms with van der Waals surface area (Å²) in [5, 5.41) is 0. The van der Waals surface area contributed by atoms with Crippen LogP contribution in [0, 0.1) is 0 Å². The van der Waals surface area contributed by atoms with Crippen molar-refractivity contribution in [1.29, 1.82) is 0 Å². The van der Waals surface area contributed by atoms with Crippen LogP contribution in [-0.2, 0) is 5.41 Å². The predicted molar refractivity (Wildman–Crippen MR) is 284 cm³/mol. The van der Waals surface area contributed by atoms with E-state index in [1.807, 2.05) is 0 Å². The van der Waals surface area contributed by atoms with E-state index >= 15 is 0 Å². The summed E-state index contributed by atoms with van der Waals surface area (Å²) in [6.07, 6.45) is 5.57. The van der Waals surface area contributed by atoms with E-state index in [0.717, 1.165) is 17.8 Å². The van der Waals surface area contributed by atoms with Gasteiger partial charge in [-0.15, -0.1) is 0 Å². The molecule has 13 rings (SSSR count). The van der Waals surface area contributed by atoms with Gasteiger partial charge >= 0.3 is 0 Å². The number of anilines is 5. The Labute approximate surface area is 398 Å². The lowest BCUT2D eigenvalue weighted by Crippen LogP contribution is -2.43. The van der Waals surface area contributed by atoms with Crippen molar-refractivity contribution in [2.75, 3.05) is 9.80 Å². The van der Waals surface area contributed by atoms with Gasteiger partial charge in [0.05, 0.1) is 22.5 Å². The second kappa shape index (κ2) is 16.3. The molecule has 0 saturated heterocycles. The maximum Gasteiger partial charge on any atom is 0.0749 e. The number of rotatable bonds is 7. The molecule has 10 aromatic carbocycles. The average Bonchev–Trinajstić information content (AvgIpc) is 3.92. The lowest BCUT2D eigenvalue weighted by Gasteiger charge is -2.51. The highest BCUT2D eigenvalue weighted by atomic mass is 15.2. The van der Waals surface area contributed by atoms with Gasteiger partial charge < -0.3 is 9.80 Å². The molecule has 3 aliphatic rings. The van der Waals surface area contributed by atoms with Crippen molar-refractivity contribution in [3.8, 4) is 55.6 Å². The van der Waals surface area contributed by atoms with Crippen LogP contribution in [0.2, 0.25) is 0 Å². The highest BCUT2D eigenvalue weighted by molar-refractivity contribution is 5.97. The summed E-state index contributed by atoms with van der Waals surface area (Å²) in [5.74, 6) is 0. The summed E-state index contributed by atoms with van der Waals surface area (Å²) in [7, 11) is 0. The number of benzene rings is 10. The molecule has 320 valence electrons. The molecule has 0 unspecified atom stereocenters. The van der Waals surface area contributed by atoms with Crippen molar-refractivity contribution in [1.82, 2.24) is 0 Å². The number of fused-ring (bicyclic) bond motifs is 7. The molecule has 0 radical (unpaired) electrons. The molecule has 2 heterocycles. The van der Waals surface area contributed by atoms with Gasteiger partial charge in [-0.3, -0.25) is 0 Å². The zero-order valence-electron chi connectivity index (χ0n) is 37.5. The lowest BCUT2D eigenvalue weighted by molar-refractivity contribution is 0.679. The number of nitrogens with zero attached hydrogens (tertiary/aromatic N) is 2. The van der Waals surface area contributed by atoms with Gasteiger partial charge in [-0.2, -0.15) is 0 Å². The molecule has 0 bridgehead atoms. The average molecular weight is 867 g/mol. The zero-order valence-corrected chi connectivity index (χ0v) is 37.5. The first-order chi connectivity index (χ1) is 33.7. The van der Waals surface area contributed by atoms with Crippen LogP contribution >= 0.6 is 0 Å². The molecule has 2 nitrogen and oxygen atoms in total. The zero-order chi connectivity index (χ0) is 45.0. The van der Waals surface area contributed by atoms with Crippen LogP contribution in [0.1, 0.15) is 23.1 Å². The number of hydrogen-bond acceptors (Lipinski definition) is 2. The summed E-state index contributed by atoms with van der Waals surface area (Å²) in [5.41, 5.74) is 23.5. The van der Waals surface area contributed by atoms with Crippen LogP contribution in [0.5, 0.6) is 0 Å². The second-order valence-electron chi connectivity index (χ2n) is 18.0. The molecule has 68 heavy (non-hydrogen) atoms. The van der Waals surface area contributed by atoms with E-state index in [1.165, 1.54) is 101 Å². The van der Waals surface area contributed by atoms with Gasteiger partial charge in [0.25, 0.3) is 0 Å². The first-order valence-electron chi connectivity index (χ1n) is 23.6. The Bertz CT molecular complexity index is 3450. The summed E-state index contributed by atoms with van der Waals surface area (Å²) in [6, 6.07) is 94.0. The van der Waals surface area contributed by atoms with Gasteiger partial charge in [-0.05, 0) is 151 Å². The normalized spacial score (nSPS) is 14.1. The summed E-state index contributed by atoms with van der Waals surface area (Å²) >= 11 is 0. The van der Waals surface area contributed by atoms with Crippen LogP contribution in [-0.4, -0.2) is 0 Å². The quantitative estimate of drug-likeness (QED) is 0.157. The van der Waals surface area contributed by atoms with E-state index in [4.69, 9.17) is 0 Å². The first-order valence-corrected chi connectivity index (χ1v) is 23.6. The molecule has 2 aliphatic heterocycles.